The zero-order valence-corrected chi connectivity index (χ0v) is 15.1. The van der Waals surface area contributed by atoms with Crippen molar-refractivity contribution in [3.63, 3.8) is 0 Å². The number of ether oxygens (including phenoxy) is 3. The van der Waals surface area contributed by atoms with Gasteiger partial charge in [-0.25, -0.2) is 0 Å². The first kappa shape index (κ1) is 18.7. The number of carbonyl (C=O) groups excluding carboxylic acids is 1. The van der Waals surface area contributed by atoms with E-state index in [1.807, 2.05) is 45.0 Å². The van der Waals surface area contributed by atoms with Crippen molar-refractivity contribution in [1.82, 2.24) is 5.32 Å². The highest BCUT2D eigenvalue weighted by molar-refractivity contribution is 5.80. The van der Waals surface area contributed by atoms with E-state index in [1.165, 1.54) is 0 Å². The molecular weight excluding hydrogens is 306 g/mol. The predicted octanol–water partition coefficient (Wildman–Crippen LogP) is 3.24. The molecule has 0 spiro atoms. The maximum Gasteiger partial charge on any atom is 0.249 e. The molecule has 0 bridgehead atoms. The fraction of sp³-hybridized carbons (Fsp3) is 0.632. The number of hydrogen-bond donors (Lipinski definition) is 1. The normalized spacial score (nSPS) is 20.0. The van der Waals surface area contributed by atoms with Crippen molar-refractivity contribution in [2.75, 3.05) is 13.2 Å². The van der Waals surface area contributed by atoms with Crippen LogP contribution in [0.15, 0.2) is 24.3 Å². The second kappa shape index (κ2) is 9.04. The van der Waals surface area contributed by atoms with Gasteiger partial charge in [-0.2, -0.15) is 0 Å². The molecule has 2 rings (SSSR count). The summed E-state index contributed by atoms with van der Waals surface area (Å²) < 4.78 is 16.8. The molecule has 1 aromatic rings. The van der Waals surface area contributed by atoms with Crippen LogP contribution in [0.4, 0.5) is 0 Å². The Morgan fingerprint density at radius 1 is 1.33 bits per heavy atom. The van der Waals surface area contributed by atoms with Gasteiger partial charge in [0, 0.05) is 6.61 Å². The zero-order chi connectivity index (χ0) is 17.5. The molecule has 1 aliphatic heterocycles. The number of benzene rings is 1. The molecule has 1 heterocycles. The third-order valence-corrected chi connectivity index (χ3v) is 4.01. The first-order valence-corrected chi connectivity index (χ1v) is 8.76. The Hall–Kier alpha value is -1.59. The Morgan fingerprint density at radius 2 is 2.12 bits per heavy atom. The molecule has 5 heteroatoms. The van der Waals surface area contributed by atoms with Crippen molar-refractivity contribution in [3.8, 4) is 5.75 Å². The average molecular weight is 335 g/mol. The van der Waals surface area contributed by atoms with Crippen LogP contribution in [0.3, 0.4) is 0 Å². The van der Waals surface area contributed by atoms with Crippen molar-refractivity contribution in [2.45, 2.75) is 64.9 Å². The summed E-state index contributed by atoms with van der Waals surface area (Å²) in [6.45, 7) is 8.98. The molecule has 1 amide bonds. The highest BCUT2D eigenvalue weighted by atomic mass is 16.5. The largest absolute Gasteiger partial charge is 0.491 e. The summed E-state index contributed by atoms with van der Waals surface area (Å²) >= 11 is 0. The highest BCUT2D eigenvalue weighted by Crippen LogP contribution is 2.20. The molecular formula is C19H29NO4. The Balaban J connectivity index is 1.83. The minimum atomic E-state index is -0.494. The molecule has 1 aromatic carbocycles. The number of amides is 1. The summed E-state index contributed by atoms with van der Waals surface area (Å²) in [7, 11) is 0. The number of rotatable bonds is 8. The second-order valence-corrected chi connectivity index (χ2v) is 6.58. The van der Waals surface area contributed by atoms with Gasteiger partial charge < -0.3 is 19.5 Å². The predicted molar refractivity (Wildman–Crippen MR) is 93.2 cm³/mol. The smallest absolute Gasteiger partial charge is 0.249 e. The molecule has 24 heavy (non-hydrogen) atoms. The van der Waals surface area contributed by atoms with Gasteiger partial charge in [-0.15, -0.1) is 0 Å². The molecule has 0 unspecified atom stereocenters. The molecule has 3 atom stereocenters. The summed E-state index contributed by atoms with van der Waals surface area (Å²) in [5, 5.41) is 2.99. The molecule has 5 nitrogen and oxygen atoms in total. The molecule has 0 radical (unpaired) electrons. The van der Waals surface area contributed by atoms with E-state index >= 15 is 0 Å². The van der Waals surface area contributed by atoms with Gasteiger partial charge in [-0.05, 0) is 58.2 Å². The van der Waals surface area contributed by atoms with E-state index in [-0.39, 0.29) is 24.2 Å². The molecule has 1 saturated heterocycles. The Bertz CT molecular complexity index is 526. The van der Waals surface area contributed by atoms with Gasteiger partial charge >= 0.3 is 0 Å². The van der Waals surface area contributed by atoms with Crippen molar-refractivity contribution >= 4 is 5.91 Å². The second-order valence-electron chi connectivity index (χ2n) is 6.58. The Kier molecular flexibility index (Phi) is 7.06. The average Bonchev–Trinajstić information content (AvgIpc) is 3.05. The van der Waals surface area contributed by atoms with Crippen LogP contribution in [0, 0.1) is 0 Å². The molecule has 134 valence electrons. The zero-order valence-electron chi connectivity index (χ0n) is 15.1. The summed E-state index contributed by atoms with van der Waals surface area (Å²) in [4.78, 5) is 12.3. The first-order valence-electron chi connectivity index (χ1n) is 8.76. The van der Waals surface area contributed by atoms with E-state index < -0.39 is 6.10 Å². The topological polar surface area (TPSA) is 56.8 Å². The van der Waals surface area contributed by atoms with E-state index in [0.29, 0.717) is 6.61 Å². The minimum absolute atomic E-state index is 0.109. The van der Waals surface area contributed by atoms with Gasteiger partial charge in [0.25, 0.3) is 0 Å². The third-order valence-electron chi connectivity index (χ3n) is 4.01. The lowest BCUT2D eigenvalue weighted by atomic mass is 10.1. The van der Waals surface area contributed by atoms with Crippen molar-refractivity contribution in [2.24, 2.45) is 0 Å². The quantitative estimate of drug-likeness (QED) is 0.792. The van der Waals surface area contributed by atoms with Crippen LogP contribution in [-0.4, -0.2) is 37.4 Å². The van der Waals surface area contributed by atoms with Gasteiger partial charge in [-0.3, -0.25) is 4.79 Å². The fourth-order valence-electron chi connectivity index (χ4n) is 2.65. The standard InChI is InChI=1S/C19H29NO4/c1-13(2)24-17-8-5-7-16(11-17)14(3)20-19(21)15(4)23-12-18-9-6-10-22-18/h5,7-8,11,13-15,18H,6,9-10,12H2,1-4H3,(H,20,21)/t14-,15+,18-/m0/s1. The Labute approximate surface area is 144 Å². The fourth-order valence-corrected chi connectivity index (χ4v) is 2.65. The summed E-state index contributed by atoms with van der Waals surface area (Å²) in [6.07, 6.45) is 1.83. The number of hydrogen-bond acceptors (Lipinski definition) is 4. The summed E-state index contributed by atoms with van der Waals surface area (Å²) in [5.41, 5.74) is 1.01. The monoisotopic (exact) mass is 335 g/mol. The van der Waals surface area contributed by atoms with E-state index in [4.69, 9.17) is 14.2 Å². The first-order chi connectivity index (χ1) is 11.5. The lowest BCUT2D eigenvalue weighted by molar-refractivity contribution is -0.134. The molecule has 0 saturated carbocycles. The van der Waals surface area contributed by atoms with Gasteiger partial charge in [0.1, 0.15) is 11.9 Å². The van der Waals surface area contributed by atoms with Gasteiger partial charge in [0.05, 0.1) is 24.9 Å². The third kappa shape index (κ3) is 5.80. The molecule has 0 aromatic heterocycles. The van der Waals surface area contributed by atoms with Crippen molar-refractivity contribution in [1.29, 1.82) is 0 Å². The van der Waals surface area contributed by atoms with Crippen LogP contribution in [0.1, 0.15) is 52.1 Å². The van der Waals surface area contributed by atoms with E-state index in [2.05, 4.69) is 5.32 Å². The van der Waals surface area contributed by atoms with Crippen LogP contribution in [0.2, 0.25) is 0 Å². The molecule has 1 aliphatic rings. The lowest BCUT2D eigenvalue weighted by Gasteiger charge is -2.20. The van der Waals surface area contributed by atoms with E-state index in [0.717, 1.165) is 30.8 Å². The summed E-state index contributed by atoms with van der Waals surface area (Å²) in [6, 6.07) is 7.69. The van der Waals surface area contributed by atoms with Crippen molar-refractivity contribution < 1.29 is 19.0 Å². The maximum absolute atomic E-state index is 12.3. The summed E-state index contributed by atoms with van der Waals surface area (Å²) in [5.74, 6) is 0.696. The number of nitrogens with one attached hydrogen (secondary N) is 1. The molecule has 0 aliphatic carbocycles. The maximum atomic E-state index is 12.3. The molecule has 1 N–H and O–H groups in total. The minimum Gasteiger partial charge on any atom is -0.491 e. The lowest BCUT2D eigenvalue weighted by Crippen LogP contribution is -2.37. The number of carbonyl (C=O) groups is 1. The van der Waals surface area contributed by atoms with Gasteiger partial charge in [0.2, 0.25) is 5.91 Å². The van der Waals surface area contributed by atoms with Crippen LogP contribution in [0.25, 0.3) is 0 Å². The van der Waals surface area contributed by atoms with Gasteiger partial charge in [-0.1, -0.05) is 12.1 Å². The van der Waals surface area contributed by atoms with Gasteiger partial charge in [0.15, 0.2) is 0 Å². The van der Waals surface area contributed by atoms with E-state index in [9.17, 15) is 4.79 Å². The van der Waals surface area contributed by atoms with Crippen LogP contribution >= 0.6 is 0 Å². The van der Waals surface area contributed by atoms with Crippen LogP contribution in [0.5, 0.6) is 5.75 Å². The highest BCUT2D eigenvalue weighted by Gasteiger charge is 2.21. The van der Waals surface area contributed by atoms with Crippen LogP contribution in [-0.2, 0) is 14.3 Å². The SMILES string of the molecule is CC(C)Oc1cccc([C@H](C)NC(=O)[C@@H](C)OC[C@@H]2CCCO2)c1. The molecule has 1 fully saturated rings. The van der Waals surface area contributed by atoms with E-state index in [1.54, 1.807) is 6.92 Å². The van der Waals surface area contributed by atoms with Crippen molar-refractivity contribution in [3.05, 3.63) is 29.8 Å². The Morgan fingerprint density at radius 3 is 2.79 bits per heavy atom. The van der Waals surface area contributed by atoms with Crippen LogP contribution < -0.4 is 10.1 Å².